The van der Waals surface area contributed by atoms with E-state index < -0.39 is 16.8 Å². The van der Waals surface area contributed by atoms with Gasteiger partial charge < -0.3 is 53.2 Å². The number of aliphatic hydroxyl groups excluding tert-OH is 2. The number of hydrogen-bond donors (Lipinski definition) is 3. The van der Waals surface area contributed by atoms with Gasteiger partial charge in [0.05, 0.1) is 135 Å². The van der Waals surface area contributed by atoms with Crippen LogP contribution in [-0.2, 0) is 55.1 Å². The Morgan fingerprint density at radius 2 is 0.913 bits per heavy atom. The number of ether oxygens (including phenoxy) is 8. The molecule has 1 aliphatic rings. The number of hydrogen-bond acceptors (Lipinski definition) is 12. The highest BCUT2D eigenvalue weighted by atomic mass is 32.2. The lowest BCUT2D eigenvalue weighted by molar-refractivity contribution is -0.0244. The third kappa shape index (κ3) is 17.0. The molecule has 0 aliphatic carbocycles. The largest absolute Gasteiger partial charge is 0.478 e. The number of benzene rings is 2. The fraction of sp³-hybridized carbons (Fsp3) is 0.594. The molecule has 3 rings (SSSR count). The molecule has 0 saturated heterocycles. The molecule has 0 spiro atoms. The lowest BCUT2D eigenvalue weighted by Gasteiger charge is -2.20. The molecule has 0 bridgehead atoms. The van der Waals surface area contributed by atoms with E-state index in [1.807, 2.05) is 24.3 Å². The van der Waals surface area contributed by atoms with E-state index >= 15 is 0 Å². The number of carboxylic acids is 1. The molecule has 0 fully saturated rings. The van der Waals surface area contributed by atoms with Crippen molar-refractivity contribution in [1.29, 1.82) is 0 Å². The van der Waals surface area contributed by atoms with Gasteiger partial charge in [0.25, 0.3) is 0 Å². The van der Waals surface area contributed by atoms with Crippen LogP contribution in [0.4, 0.5) is 0 Å². The summed E-state index contributed by atoms with van der Waals surface area (Å²) >= 11 is 0. The smallest absolute Gasteiger partial charge is 0.336 e. The number of aliphatic hydroxyl groups is 2. The van der Waals surface area contributed by atoms with Gasteiger partial charge in [0.15, 0.2) is 0 Å². The van der Waals surface area contributed by atoms with Crippen molar-refractivity contribution < 1.29 is 62.2 Å². The highest BCUT2D eigenvalue weighted by Crippen LogP contribution is 2.33. The van der Waals surface area contributed by atoms with Crippen LogP contribution in [0, 0.1) is 0 Å². The number of rotatable bonds is 26. The second-order valence-corrected chi connectivity index (χ2v) is 10.9. The van der Waals surface area contributed by atoms with Crippen LogP contribution in [0.1, 0.15) is 21.5 Å². The fourth-order valence-corrected chi connectivity index (χ4v) is 5.46. The summed E-state index contributed by atoms with van der Waals surface area (Å²) < 4.78 is 54.6. The molecule has 1 unspecified atom stereocenters. The zero-order chi connectivity index (χ0) is 33.1. The van der Waals surface area contributed by atoms with Crippen LogP contribution in [0.2, 0.25) is 0 Å². The predicted molar refractivity (Wildman–Crippen MR) is 168 cm³/mol. The molecule has 2 aromatic carbocycles. The van der Waals surface area contributed by atoms with Gasteiger partial charge in [0.1, 0.15) is 0 Å². The van der Waals surface area contributed by atoms with Crippen molar-refractivity contribution in [2.45, 2.75) is 16.2 Å². The normalized spacial score (nSPS) is 13.5. The predicted octanol–water partition coefficient (Wildman–Crippen LogP) is 1.56. The van der Waals surface area contributed by atoms with Crippen LogP contribution in [0.3, 0.4) is 0 Å². The lowest BCUT2D eigenvalue weighted by atomic mass is 9.99. The van der Waals surface area contributed by atoms with Gasteiger partial charge in [-0.1, -0.05) is 24.3 Å². The van der Waals surface area contributed by atoms with E-state index in [0.29, 0.717) is 123 Å². The second-order valence-electron chi connectivity index (χ2n) is 9.49. The molecule has 1 heterocycles. The van der Waals surface area contributed by atoms with E-state index in [9.17, 15) is 14.1 Å². The van der Waals surface area contributed by atoms with Gasteiger partial charge in [-0.3, -0.25) is 0 Å². The summed E-state index contributed by atoms with van der Waals surface area (Å²) in [4.78, 5) is 12.6. The van der Waals surface area contributed by atoms with Gasteiger partial charge in [-0.25, -0.2) is 9.00 Å². The highest BCUT2D eigenvalue weighted by molar-refractivity contribution is 7.85. The van der Waals surface area contributed by atoms with E-state index in [4.69, 9.17) is 48.1 Å². The quantitative estimate of drug-likeness (QED) is 0.105. The summed E-state index contributed by atoms with van der Waals surface area (Å²) in [6, 6.07) is 12.4. The maximum Gasteiger partial charge on any atom is 0.336 e. The molecule has 14 heteroatoms. The SMILES string of the molecule is O=C(O)c1cccc2c1Cc1ccccc1S2=O.OCCOCCOCCOCCOCCOCCOCCOCCOCCO. The molecule has 46 heavy (non-hydrogen) atoms. The maximum absolute atomic E-state index is 12.4. The van der Waals surface area contributed by atoms with Crippen molar-refractivity contribution >= 4 is 16.8 Å². The van der Waals surface area contributed by atoms with Gasteiger partial charge in [-0.05, 0) is 29.3 Å². The number of carbonyl (C=O) groups is 1. The molecule has 0 radical (unpaired) electrons. The van der Waals surface area contributed by atoms with E-state index in [1.165, 1.54) is 0 Å². The molecule has 0 amide bonds. The van der Waals surface area contributed by atoms with E-state index in [2.05, 4.69) is 0 Å². The molecular weight excluding hydrogens is 624 g/mol. The third-order valence-electron chi connectivity index (χ3n) is 6.18. The van der Waals surface area contributed by atoms with Crippen LogP contribution in [0.15, 0.2) is 52.3 Å². The summed E-state index contributed by atoms with van der Waals surface area (Å²) in [6.45, 7) is 7.79. The van der Waals surface area contributed by atoms with E-state index in [-0.39, 0.29) is 18.8 Å². The topological polar surface area (TPSA) is 169 Å². The highest BCUT2D eigenvalue weighted by Gasteiger charge is 2.25. The Morgan fingerprint density at radius 1 is 0.543 bits per heavy atom. The Bertz CT molecular complexity index is 1080. The number of carboxylic acid groups (broad SMARTS) is 1. The minimum atomic E-state index is -1.28. The Kier molecular flexibility index (Phi) is 23.1. The molecule has 0 saturated carbocycles. The zero-order valence-electron chi connectivity index (χ0n) is 26.3. The average molecular weight is 673 g/mol. The van der Waals surface area contributed by atoms with Crippen LogP contribution >= 0.6 is 0 Å². The van der Waals surface area contributed by atoms with Gasteiger partial charge in [0, 0.05) is 16.2 Å². The average Bonchev–Trinajstić information content (AvgIpc) is 3.07. The monoisotopic (exact) mass is 672 g/mol. The van der Waals surface area contributed by atoms with Crippen molar-refractivity contribution in [2.24, 2.45) is 0 Å². The van der Waals surface area contributed by atoms with Crippen molar-refractivity contribution in [2.75, 3.05) is 119 Å². The van der Waals surface area contributed by atoms with Crippen LogP contribution in [-0.4, -0.2) is 144 Å². The number of fused-ring (bicyclic) bond motifs is 2. The Balaban J connectivity index is 0.000000347. The minimum Gasteiger partial charge on any atom is -0.478 e. The maximum atomic E-state index is 12.4. The number of aromatic carboxylic acids is 1. The second kappa shape index (κ2) is 26.7. The van der Waals surface area contributed by atoms with Gasteiger partial charge in [0.2, 0.25) is 0 Å². The third-order valence-corrected chi connectivity index (χ3v) is 7.76. The Labute approximate surface area is 273 Å². The molecule has 260 valence electrons. The first-order valence-corrected chi connectivity index (χ1v) is 16.4. The zero-order valence-corrected chi connectivity index (χ0v) is 27.1. The summed E-state index contributed by atoms with van der Waals surface area (Å²) in [5.41, 5.74) is 1.86. The van der Waals surface area contributed by atoms with E-state index in [1.54, 1.807) is 18.2 Å². The fourth-order valence-electron chi connectivity index (χ4n) is 4.03. The molecule has 1 atom stereocenters. The summed E-state index contributed by atoms with van der Waals surface area (Å²) in [5, 5.41) is 26.2. The molecular formula is C32H48O13S. The van der Waals surface area contributed by atoms with Gasteiger partial charge in [-0.2, -0.15) is 0 Å². The first kappa shape index (κ1) is 39.8. The lowest BCUT2D eigenvalue weighted by Crippen LogP contribution is -2.15. The molecule has 2 aromatic rings. The molecule has 0 aromatic heterocycles. The van der Waals surface area contributed by atoms with Crippen molar-refractivity contribution in [3.8, 4) is 0 Å². The van der Waals surface area contributed by atoms with E-state index in [0.717, 1.165) is 10.5 Å². The molecule has 13 nitrogen and oxygen atoms in total. The minimum absolute atomic E-state index is 0.0294. The molecule has 3 N–H and O–H groups in total. The first-order valence-electron chi connectivity index (χ1n) is 15.3. The van der Waals surface area contributed by atoms with Crippen LogP contribution in [0.5, 0.6) is 0 Å². The van der Waals surface area contributed by atoms with Gasteiger partial charge in [-0.15, -0.1) is 0 Å². The standard InChI is InChI=1S/C18H38O10.C14H10O3S/c19-1-3-21-5-7-23-9-11-25-13-15-27-17-18-28-16-14-26-12-10-24-8-6-22-4-2-20;15-14(16)10-5-3-7-13-11(10)8-9-4-1-2-6-12(9)18(13)17/h19-20H,1-18H2;1-7H,8H2,(H,15,16). The first-order chi connectivity index (χ1) is 22.6. The van der Waals surface area contributed by atoms with Gasteiger partial charge >= 0.3 is 5.97 Å². The van der Waals surface area contributed by atoms with Crippen molar-refractivity contribution in [3.63, 3.8) is 0 Å². The van der Waals surface area contributed by atoms with Crippen LogP contribution < -0.4 is 0 Å². The molecule has 1 aliphatic heterocycles. The summed E-state index contributed by atoms with van der Waals surface area (Å²) in [5.74, 6) is -0.969. The summed E-state index contributed by atoms with van der Waals surface area (Å²) in [6.07, 6.45) is 0.528. The van der Waals surface area contributed by atoms with Crippen molar-refractivity contribution in [1.82, 2.24) is 0 Å². The van der Waals surface area contributed by atoms with Crippen molar-refractivity contribution in [3.05, 3.63) is 59.2 Å². The Morgan fingerprint density at radius 3 is 1.30 bits per heavy atom. The summed E-state index contributed by atoms with van der Waals surface area (Å²) in [7, 11) is -1.28. The Hall–Kier alpha value is -2.34. The van der Waals surface area contributed by atoms with Crippen LogP contribution in [0.25, 0.3) is 0 Å².